The van der Waals surface area contributed by atoms with Crippen LogP contribution in [0.25, 0.3) is 0 Å². The number of likely N-dealkylation sites (N-methyl/N-ethyl adjacent to an activating group) is 1. The number of sulfonamides is 1. The van der Waals surface area contributed by atoms with E-state index in [0.29, 0.717) is 40.3 Å². The molecule has 3 aromatic rings. The summed E-state index contributed by atoms with van der Waals surface area (Å²) in [6.45, 7) is 5.48. The fourth-order valence-electron chi connectivity index (χ4n) is 4.55. The lowest BCUT2D eigenvalue weighted by molar-refractivity contribution is -0.140. The van der Waals surface area contributed by atoms with Gasteiger partial charge >= 0.3 is 0 Å². The molecule has 0 fully saturated rings. The maximum Gasteiger partial charge on any atom is 0.264 e. The van der Waals surface area contributed by atoms with Crippen molar-refractivity contribution in [3.8, 4) is 17.2 Å². The van der Waals surface area contributed by atoms with Gasteiger partial charge in [-0.25, -0.2) is 8.42 Å². The molecule has 0 spiro atoms. The van der Waals surface area contributed by atoms with Crippen LogP contribution in [0.5, 0.6) is 17.2 Å². The molecule has 0 bridgehead atoms. The first-order valence-electron chi connectivity index (χ1n) is 14.0. The quantitative estimate of drug-likeness (QED) is 0.226. The summed E-state index contributed by atoms with van der Waals surface area (Å²) < 4.78 is 45.5. The highest BCUT2D eigenvalue weighted by Crippen LogP contribution is 2.33. The molecule has 13 heteroatoms. The van der Waals surface area contributed by atoms with E-state index in [1.807, 2.05) is 6.92 Å². The Kier molecular flexibility index (Phi) is 12.6. The summed E-state index contributed by atoms with van der Waals surface area (Å²) in [5, 5.41) is 3.49. The maximum atomic E-state index is 14.2. The van der Waals surface area contributed by atoms with Crippen LogP contribution >= 0.6 is 23.2 Å². The molecular formula is C31H37Cl2N3O7S. The van der Waals surface area contributed by atoms with Crippen molar-refractivity contribution < 1.29 is 32.2 Å². The van der Waals surface area contributed by atoms with Crippen LogP contribution in [-0.4, -0.2) is 65.1 Å². The van der Waals surface area contributed by atoms with E-state index in [0.717, 1.165) is 4.31 Å². The second-order valence-electron chi connectivity index (χ2n) is 9.53. The van der Waals surface area contributed by atoms with E-state index >= 15 is 0 Å². The van der Waals surface area contributed by atoms with Crippen LogP contribution in [-0.2, 0) is 26.2 Å². The van der Waals surface area contributed by atoms with E-state index in [2.05, 4.69) is 5.32 Å². The fraction of sp³-hybridized carbons (Fsp3) is 0.355. The number of nitrogens with zero attached hydrogens (tertiary/aromatic N) is 2. The Morgan fingerprint density at radius 2 is 1.59 bits per heavy atom. The van der Waals surface area contributed by atoms with E-state index < -0.39 is 28.5 Å². The number of nitrogens with one attached hydrogen (secondary N) is 1. The van der Waals surface area contributed by atoms with Crippen molar-refractivity contribution >= 4 is 50.7 Å². The zero-order chi connectivity index (χ0) is 32.4. The summed E-state index contributed by atoms with van der Waals surface area (Å²) in [4.78, 5) is 28.5. The van der Waals surface area contributed by atoms with Gasteiger partial charge in [0.15, 0.2) is 11.5 Å². The Balaban J connectivity index is 2.13. The third-order valence-electron chi connectivity index (χ3n) is 6.75. The van der Waals surface area contributed by atoms with E-state index in [-0.39, 0.29) is 35.2 Å². The van der Waals surface area contributed by atoms with E-state index in [1.54, 1.807) is 56.3 Å². The molecule has 44 heavy (non-hydrogen) atoms. The van der Waals surface area contributed by atoms with Crippen molar-refractivity contribution in [3.63, 3.8) is 0 Å². The summed E-state index contributed by atoms with van der Waals surface area (Å²) in [6.07, 6.45) is 0.272. The third-order valence-corrected chi connectivity index (χ3v) is 9.11. The average molecular weight is 667 g/mol. The molecule has 0 saturated heterocycles. The molecule has 238 valence electrons. The summed E-state index contributed by atoms with van der Waals surface area (Å²) in [7, 11) is -1.51. The molecule has 0 aliphatic carbocycles. The molecule has 1 atom stereocenters. The normalized spacial score (nSPS) is 11.8. The lowest BCUT2D eigenvalue weighted by Crippen LogP contribution is -2.52. The molecule has 0 radical (unpaired) electrons. The predicted molar refractivity (Wildman–Crippen MR) is 171 cm³/mol. The molecule has 2 amide bonds. The zero-order valence-corrected chi connectivity index (χ0v) is 27.6. The largest absolute Gasteiger partial charge is 0.494 e. The second-order valence-corrected chi connectivity index (χ2v) is 12.2. The van der Waals surface area contributed by atoms with Gasteiger partial charge in [0.05, 0.1) is 31.4 Å². The summed E-state index contributed by atoms with van der Waals surface area (Å²) in [5.74, 6) is 0.0879. The van der Waals surface area contributed by atoms with Crippen LogP contribution in [0, 0.1) is 0 Å². The molecule has 0 aromatic heterocycles. The minimum absolute atomic E-state index is 0.0575. The van der Waals surface area contributed by atoms with Crippen LogP contribution in [0.4, 0.5) is 5.69 Å². The van der Waals surface area contributed by atoms with Crippen molar-refractivity contribution in [3.05, 3.63) is 76.3 Å². The number of carbonyl (C=O) groups excluding carboxylic acids is 2. The average Bonchev–Trinajstić information content (AvgIpc) is 3.01. The van der Waals surface area contributed by atoms with Crippen molar-refractivity contribution in [2.45, 2.75) is 44.7 Å². The lowest BCUT2D eigenvalue weighted by Gasteiger charge is -2.33. The molecule has 10 nitrogen and oxygen atoms in total. The number of hydrogen-bond donors (Lipinski definition) is 1. The number of methoxy groups -OCH3 is 2. The highest BCUT2D eigenvalue weighted by Gasteiger charge is 2.34. The number of rotatable bonds is 15. The first kappa shape index (κ1) is 34.8. The first-order valence-corrected chi connectivity index (χ1v) is 16.2. The van der Waals surface area contributed by atoms with Crippen LogP contribution < -0.4 is 23.8 Å². The van der Waals surface area contributed by atoms with Crippen LogP contribution in [0.15, 0.2) is 65.6 Å². The minimum atomic E-state index is -4.35. The third kappa shape index (κ3) is 8.28. The van der Waals surface area contributed by atoms with Gasteiger partial charge in [0.2, 0.25) is 11.8 Å². The van der Waals surface area contributed by atoms with Crippen molar-refractivity contribution in [2.75, 3.05) is 38.2 Å². The van der Waals surface area contributed by atoms with Gasteiger partial charge in [-0.1, -0.05) is 36.2 Å². The Morgan fingerprint density at radius 1 is 0.909 bits per heavy atom. The van der Waals surface area contributed by atoms with Gasteiger partial charge in [-0.3, -0.25) is 13.9 Å². The van der Waals surface area contributed by atoms with Crippen molar-refractivity contribution in [1.82, 2.24) is 10.2 Å². The molecule has 3 rings (SSSR count). The van der Waals surface area contributed by atoms with E-state index in [9.17, 15) is 18.0 Å². The molecule has 0 aliphatic heterocycles. The van der Waals surface area contributed by atoms with Gasteiger partial charge in [0, 0.05) is 29.2 Å². The first-order chi connectivity index (χ1) is 21.0. The number of halogens is 2. The Bertz CT molecular complexity index is 1550. The molecule has 0 unspecified atom stereocenters. The van der Waals surface area contributed by atoms with Gasteiger partial charge in [0.25, 0.3) is 10.0 Å². The van der Waals surface area contributed by atoms with Crippen LogP contribution in [0.3, 0.4) is 0 Å². The van der Waals surface area contributed by atoms with Crippen LogP contribution in [0.1, 0.15) is 32.8 Å². The Labute approximate surface area is 268 Å². The maximum absolute atomic E-state index is 14.2. The summed E-state index contributed by atoms with van der Waals surface area (Å²) >= 11 is 12.5. The lowest BCUT2D eigenvalue weighted by atomic mass is 10.1. The smallest absolute Gasteiger partial charge is 0.264 e. The number of amides is 2. The van der Waals surface area contributed by atoms with Gasteiger partial charge < -0.3 is 24.4 Å². The number of anilines is 1. The molecule has 0 aliphatic rings. The molecule has 0 saturated carbocycles. The highest BCUT2D eigenvalue weighted by molar-refractivity contribution is 7.92. The number of ether oxygens (including phenoxy) is 3. The molecular weight excluding hydrogens is 629 g/mol. The fourth-order valence-corrected chi connectivity index (χ4v) is 6.45. The van der Waals surface area contributed by atoms with Crippen molar-refractivity contribution in [2.24, 2.45) is 0 Å². The zero-order valence-electron chi connectivity index (χ0n) is 25.3. The SMILES string of the molecule is CCNC(=O)[C@H](CC)N(Cc1ccc(Cl)cc1Cl)C(=O)CN(c1ccc(OCC)cc1)S(=O)(=O)c1ccc(OC)c(OC)c1. The predicted octanol–water partition coefficient (Wildman–Crippen LogP) is 5.55. The molecule has 1 N–H and O–H groups in total. The number of carbonyl (C=O) groups is 2. The molecule has 3 aromatic carbocycles. The van der Waals surface area contributed by atoms with Gasteiger partial charge in [-0.15, -0.1) is 0 Å². The van der Waals surface area contributed by atoms with Crippen LogP contribution in [0.2, 0.25) is 10.0 Å². The second kappa shape index (κ2) is 15.9. The Morgan fingerprint density at radius 3 is 2.16 bits per heavy atom. The monoisotopic (exact) mass is 665 g/mol. The number of benzene rings is 3. The van der Waals surface area contributed by atoms with Gasteiger partial charge in [-0.2, -0.15) is 0 Å². The van der Waals surface area contributed by atoms with E-state index in [1.165, 1.54) is 37.3 Å². The minimum Gasteiger partial charge on any atom is -0.494 e. The summed E-state index contributed by atoms with van der Waals surface area (Å²) in [5.41, 5.74) is 0.759. The van der Waals surface area contributed by atoms with Crippen molar-refractivity contribution in [1.29, 1.82) is 0 Å². The Hall–Kier alpha value is -3.67. The number of hydrogen-bond acceptors (Lipinski definition) is 7. The molecule has 0 heterocycles. The standard InChI is InChI=1S/C31H37Cl2N3O7S/c1-6-27(31(38)34-7-2)35(19-21-9-10-22(32)17-26(21)33)30(37)20-36(23-11-13-24(14-12-23)43-8-3)44(39,40)25-15-16-28(41-4)29(18-25)42-5/h9-18,27H,6-8,19-20H2,1-5H3,(H,34,38)/t27-/m0/s1. The van der Waals surface area contributed by atoms with Gasteiger partial charge in [-0.05, 0) is 74.4 Å². The summed E-state index contributed by atoms with van der Waals surface area (Å²) in [6, 6.07) is 14.5. The topological polar surface area (TPSA) is 114 Å². The highest BCUT2D eigenvalue weighted by atomic mass is 35.5. The van der Waals surface area contributed by atoms with E-state index in [4.69, 9.17) is 37.4 Å². The van der Waals surface area contributed by atoms with Gasteiger partial charge in [0.1, 0.15) is 18.3 Å².